The Labute approximate surface area is 168 Å². The molecule has 1 aromatic heterocycles. The summed E-state index contributed by atoms with van der Waals surface area (Å²) in [5.41, 5.74) is 1.72. The highest BCUT2D eigenvalue weighted by molar-refractivity contribution is 9.10. The van der Waals surface area contributed by atoms with Gasteiger partial charge < -0.3 is 19.2 Å². The molecule has 1 amide bonds. The van der Waals surface area contributed by atoms with E-state index in [9.17, 15) is 13.6 Å². The number of imidazole rings is 1. The normalized spacial score (nSPS) is 19.0. The van der Waals surface area contributed by atoms with Crippen LogP contribution in [0.25, 0.3) is 0 Å². The Hall–Kier alpha value is -1.58. The molecule has 5 nitrogen and oxygen atoms in total. The molecule has 1 saturated heterocycles. The zero-order valence-electron chi connectivity index (χ0n) is 14.6. The minimum Gasteiger partial charge on any atom is -0.377 e. The number of nitrogens with one attached hydrogen (secondary N) is 1. The van der Waals surface area contributed by atoms with Gasteiger partial charge in [-0.25, -0.2) is 8.78 Å². The first-order chi connectivity index (χ1) is 12.9. The standard InChI is InChI=1S/C18H18BrF2N3O2S/c1-23-13(5-15(25)22-10-7-26-8-10)14-4-9(6-24(14)18(23)27)16-12(20)3-2-11(19)17(16)21/h2-3,9-10H,4-8H2,1H3,(H,22,25). The van der Waals surface area contributed by atoms with Gasteiger partial charge in [0, 0.05) is 36.5 Å². The Kier molecular flexibility index (Phi) is 4.94. The summed E-state index contributed by atoms with van der Waals surface area (Å²) in [5.74, 6) is -1.61. The number of benzene rings is 1. The van der Waals surface area contributed by atoms with Crippen LogP contribution in [0.15, 0.2) is 16.6 Å². The van der Waals surface area contributed by atoms with E-state index in [2.05, 4.69) is 21.2 Å². The lowest BCUT2D eigenvalue weighted by atomic mass is 9.95. The predicted octanol–water partition coefficient (Wildman–Crippen LogP) is 2.99. The zero-order valence-corrected chi connectivity index (χ0v) is 17.0. The molecule has 1 N–H and O–H groups in total. The number of aromatic nitrogens is 2. The molecule has 27 heavy (non-hydrogen) atoms. The van der Waals surface area contributed by atoms with Crippen LogP contribution in [0.4, 0.5) is 8.78 Å². The summed E-state index contributed by atoms with van der Waals surface area (Å²) in [6.45, 7) is 1.45. The Morgan fingerprint density at radius 1 is 1.41 bits per heavy atom. The fourth-order valence-electron chi connectivity index (χ4n) is 3.78. The number of carbonyl (C=O) groups excluding carboxylic acids is 1. The first-order valence-corrected chi connectivity index (χ1v) is 9.84. The lowest BCUT2D eigenvalue weighted by Gasteiger charge is -2.26. The van der Waals surface area contributed by atoms with Crippen molar-refractivity contribution in [3.05, 3.63) is 50.0 Å². The van der Waals surface area contributed by atoms with Gasteiger partial charge in [0.25, 0.3) is 0 Å². The van der Waals surface area contributed by atoms with Gasteiger partial charge in [-0.15, -0.1) is 0 Å². The molecule has 144 valence electrons. The van der Waals surface area contributed by atoms with Crippen molar-refractivity contribution in [3.63, 3.8) is 0 Å². The van der Waals surface area contributed by atoms with Crippen LogP contribution in [-0.2, 0) is 36.0 Å². The number of rotatable bonds is 4. The first-order valence-electron chi connectivity index (χ1n) is 8.64. The third-order valence-corrected chi connectivity index (χ3v) is 6.35. The van der Waals surface area contributed by atoms with Gasteiger partial charge in [-0.3, -0.25) is 4.79 Å². The highest BCUT2D eigenvalue weighted by Gasteiger charge is 2.33. The van der Waals surface area contributed by atoms with Crippen LogP contribution in [0.1, 0.15) is 22.9 Å². The Bertz CT molecular complexity index is 984. The van der Waals surface area contributed by atoms with Gasteiger partial charge in [0.15, 0.2) is 4.77 Å². The van der Waals surface area contributed by atoms with Gasteiger partial charge >= 0.3 is 0 Å². The summed E-state index contributed by atoms with van der Waals surface area (Å²) in [6.07, 6.45) is 0.610. The van der Waals surface area contributed by atoms with E-state index in [4.69, 9.17) is 17.0 Å². The first kappa shape index (κ1) is 18.8. The maximum absolute atomic E-state index is 14.5. The molecule has 0 saturated carbocycles. The van der Waals surface area contributed by atoms with Crippen molar-refractivity contribution in [2.24, 2.45) is 7.05 Å². The van der Waals surface area contributed by atoms with Crippen molar-refractivity contribution in [1.82, 2.24) is 14.5 Å². The molecule has 2 aliphatic rings. The number of ether oxygens (including phenoxy) is 1. The average molecular weight is 458 g/mol. The van der Waals surface area contributed by atoms with E-state index in [1.807, 2.05) is 16.2 Å². The van der Waals surface area contributed by atoms with E-state index in [0.717, 1.165) is 11.4 Å². The van der Waals surface area contributed by atoms with Crippen LogP contribution in [-0.4, -0.2) is 34.3 Å². The molecule has 9 heteroatoms. The van der Waals surface area contributed by atoms with Gasteiger partial charge in [-0.1, -0.05) is 0 Å². The molecule has 0 aliphatic carbocycles. The molecule has 0 spiro atoms. The van der Waals surface area contributed by atoms with Crippen molar-refractivity contribution in [3.8, 4) is 0 Å². The number of halogens is 3. The second-order valence-corrected chi connectivity index (χ2v) is 8.20. The maximum Gasteiger partial charge on any atom is 0.226 e. The topological polar surface area (TPSA) is 48.2 Å². The molecule has 2 aliphatic heterocycles. The minimum absolute atomic E-state index is 0.0547. The summed E-state index contributed by atoms with van der Waals surface area (Å²) < 4.78 is 38.4. The fraction of sp³-hybridized carbons (Fsp3) is 0.444. The van der Waals surface area contributed by atoms with E-state index in [1.165, 1.54) is 12.1 Å². The second-order valence-electron chi connectivity index (χ2n) is 6.98. The minimum atomic E-state index is -0.578. The Balaban J connectivity index is 1.62. The molecule has 0 bridgehead atoms. The van der Waals surface area contributed by atoms with Gasteiger partial charge in [-0.2, -0.15) is 0 Å². The molecular weight excluding hydrogens is 440 g/mol. The lowest BCUT2D eigenvalue weighted by molar-refractivity contribution is -0.124. The highest BCUT2D eigenvalue weighted by atomic mass is 79.9. The molecular formula is C18H18BrF2N3O2S. The molecule has 1 unspecified atom stereocenters. The van der Waals surface area contributed by atoms with Crippen LogP contribution < -0.4 is 5.32 Å². The molecule has 2 aromatic rings. The maximum atomic E-state index is 14.5. The van der Waals surface area contributed by atoms with Crippen LogP contribution in [0, 0.1) is 16.4 Å². The van der Waals surface area contributed by atoms with Crippen molar-refractivity contribution >= 4 is 34.1 Å². The van der Waals surface area contributed by atoms with E-state index < -0.39 is 11.6 Å². The Morgan fingerprint density at radius 2 is 2.15 bits per heavy atom. The molecule has 1 atom stereocenters. The second kappa shape index (κ2) is 7.10. The number of amides is 1. The number of nitrogens with zero attached hydrogens (tertiary/aromatic N) is 2. The predicted molar refractivity (Wildman–Crippen MR) is 101 cm³/mol. The van der Waals surface area contributed by atoms with E-state index in [-0.39, 0.29) is 34.3 Å². The van der Waals surface area contributed by atoms with Crippen LogP contribution in [0.3, 0.4) is 0 Å². The van der Waals surface area contributed by atoms with Gasteiger partial charge in [0.1, 0.15) is 11.6 Å². The summed E-state index contributed by atoms with van der Waals surface area (Å²) in [4.78, 5) is 12.3. The van der Waals surface area contributed by atoms with Crippen molar-refractivity contribution in [2.45, 2.75) is 31.3 Å². The summed E-state index contributed by atoms with van der Waals surface area (Å²) in [6, 6.07) is 2.68. The van der Waals surface area contributed by atoms with Crippen molar-refractivity contribution in [1.29, 1.82) is 0 Å². The zero-order chi connectivity index (χ0) is 19.3. The lowest BCUT2D eigenvalue weighted by Crippen LogP contribution is -2.49. The molecule has 4 rings (SSSR count). The number of carbonyl (C=O) groups is 1. The average Bonchev–Trinajstić information content (AvgIpc) is 3.10. The quantitative estimate of drug-likeness (QED) is 0.566. The summed E-state index contributed by atoms with van der Waals surface area (Å²) in [5, 5.41) is 2.91. The third-order valence-electron chi connectivity index (χ3n) is 5.24. The summed E-state index contributed by atoms with van der Waals surface area (Å²) in [7, 11) is 1.82. The number of hydrogen-bond acceptors (Lipinski definition) is 3. The SMILES string of the molecule is Cn1c(CC(=O)NC2COC2)c2n(c1=S)CC(c1c(F)ccc(Br)c1F)C2. The van der Waals surface area contributed by atoms with Crippen LogP contribution in [0.5, 0.6) is 0 Å². The molecule has 1 fully saturated rings. The van der Waals surface area contributed by atoms with Crippen molar-refractivity contribution in [2.75, 3.05) is 13.2 Å². The highest BCUT2D eigenvalue weighted by Crippen LogP contribution is 2.37. The number of hydrogen-bond donors (Lipinski definition) is 1. The van der Waals surface area contributed by atoms with E-state index in [0.29, 0.717) is 31.0 Å². The van der Waals surface area contributed by atoms with Gasteiger partial charge in [-0.05, 0) is 46.7 Å². The fourth-order valence-corrected chi connectivity index (χ4v) is 4.42. The Morgan fingerprint density at radius 3 is 2.81 bits per heavy atom. The third kappa shape index (κ3) is 3.25. The summed E-state index contributed by atoms with van der Waals surface area (Å²) >= 11 is 8.61. The van der Waals surface area contributed by atoms with E-state index >= 15 is 0 Å². The largest absolute Gasteiger partial charge is 0.377 e. The van der Waals surface area contributed by atoms with Crippen molar-refractivity contribution < 1.29 is 18.3 Å². The van der Waals surface area contributed by atoms with Crippen LogP contribution >= 0.6 is 28.1 Å². The van der Waals surface area contributed by atoms with Crippen LogP contribution in [0.2, 0.25) is 0 Å². The van der Waals surface area contributed by atoms with E-state index in [1.54, 1.807) is 0 Å². The van der Waals surface area contributed by atoms with Gasteiger partial charge in [0.05, 0.1) is 30.1 Å². The molecule has 3 heterocycles. The monoisotopic (exact) mass is 457 g/mol. The molecule has 0 radical (unpaired) electrons. The molecule has 1 aromatic carbocycles. The smallest absolute Gasteiger partial charge is 0.226 e. The number of fused-ring (bicyclic) bond motifs is 1. The van der Waals surface area contributed by atoms with Gasteiger partial charge in [0.2, 0.25) is 5.91 Å².